The smallest absolute Gasteiger partial charge is 0.270 e. The van der Waals surface area contributed by atoms with E-state index in [1.54, 1.807) is 18.2 Å². The number of hydrogen-bond donors (Lipinski definition) is 1. The summed E-state index contributed by atoms with van der Waals surface area (Å²) < 4.78 is 0. The van der Waals surface area contributed by atoms with Crippen LogP contribution < -0.4 is 5.32 Å². The van der Waals surface area contributed by atoms with Crippen LogP contribution in [0.1, 0.15) is 28.5 Å². The number of rotatable bonds is 4. The summed E-state index contributed by atoms with van der Waals surface area (Å²) in [6.07, 6.45) is 0.946. The topological polar surface area (TPSA) is 42.0 Å². The van der Waals surface area contributed by atoms with Gasteiger partial charge in [0.2, 0.25) is 0 Å². The van der Waals surface area contributed by atoms with Crippen molar-refractivity contribution in [2.45, 2.75) is 19.9 Å². The fourth-order valence-electron chi connectivity index (χ4n) is 1.88. The van der Waals surface area contributed by atoms with Crippen LogP contribution in [0.3, 0.4) is 0 Å². The highest BCUT2D eigenvalue weighted by atomic mass is 35.5. The van der Waals surface area contributed by atoms with Crippen LogP contribution >= 0.6 is 11.6 Å². The minimum Gasteiger partial charge on any atom is -0.347 e. The van der Waals surface area contributed by atoms with Crippen LogP contribution in [0, 0.1) is 0 Å². The van der Waals surface area contributed by atoms with Crippen LogP contribution in [0.2, 0.25) is 5.15 Å². The van der Waals surface area contributed by atoms with Gasteiger partial charge in [0.15, 0.2) is 0 Å². The molecule has 3 nitrogen and oxygen atoms in total. The zero-order valence-electron chi connectivity index (χ0n) is 10.7. The molecule has 19 heavy (non-hydrogen) atoms. The molecule has 0 spiro atoms. The molecule has 4 heteroatoms. The molecule has 0 fully saturated rings. The summed E-state index contributed by atoms with van der Waals surface area (Å²) in [6.45, 7) is 2.59. The molecule has 1 aromatic carbocycles. The second-order valence-electron chi connectivity index (χ2n) is 4.15. The molecule has 2 rings (SSSR count). The number of halogens is 1. The van der Waals surface area contributed by atoms with Gasteiger partial charge in [0.25, 0.3) is 5.91 Å². The second-order valence-corrected chi connectivity index (χ2v) is 4.54. The molecule has 1 aromatic heterocycles. The van der Waals surface area contributed by atoms with E-state index in [9.17, 15) is 4.79 Å². The first kappa shape index (κ1) is 13.6. The quantitative estimate of drug-likeness (QED) is 0.870. The van der Waals surface area contributed by atoms with Crippen molar-refractivity contribution in [1.29, 1.82) is 0 Å². The molecular formula is C15H15ClN2O. The van der Waals surface area contributed by atoms with Gasteiger partial charge in [-0.15, -0.1) is 0 Å². The Morgan fingerprint density at radius 2 is 1.89 bits per heavy atom. The Labute approximate surface area is 117 Å². The Balaban J connectivity index is 2.04. The first-order valence-corrected chi connectivity index (χ1v) is 6.56. The molecule has 0 bridgehead atoms. The Kier molecular flexibility index (Phi) is 4.53. The van der Waals surface area contributed by atoms with Crippen molar-refractivity contribution in [3.05, 3.63) is 64.4 Å². The van der Waals surface area contributed by atoms with Gasteiger partial charge in [0.05, 0.1) is 0 Å². The van der Waals surface area contributed by atoms with Crippen molar-refractivity contribution >= 4 is 17.5 Å². The normalized spacial score (nSPS) is 10.2. The number of aromatic nitrogens is 1. The van der Waals surface area contributed by atoms with Crippen molar-refractivity contribution in [3.8, 4) is 0 Å². The van der Waals surface area contributed by atoms with Gasteiger partial charge in [0, 0.05) is 6.54 Å². The van der Waals surface area contributed by atoms with E-state index < -0.39 is 0 Å². The average molecular weight is 275 g/mol. The average Bonchev–Trinajstić information content (AvgIpc) is 2.45. The van der Waals surface area contributed by atoms with E-state index in [2.05, 4.69) is 23.3 Å². The summed E-state index contributed by atoms with van der Waals surface area (Å²) in [4.78, 5) is 15.9. The molecule has 0 atom stereocenters. The highest BCUT2D eigenvalue weighted by molar-refractivity contribution is 6.29. The molecule has 0 saturated heterocycles. The third-order valence-electron chi connectivity index (χ3n) is 2.89. The van der Waals surface area contributed by atoms with E-state index in [1.165, 1.54) is 5.56 Å². The van der Waals surface area contributed by atoms with E-state index in [4.69, 9.17) is 11.6 Å². The van der Waals surface area contributed by atoms with Crippen LogP contribution in [-0.2, 0) is 13.0 Å². The first-order valence-electron chi connectivity index (χ1n) is 6.18. The lowest BCUT2D eigenvalue weighted by Crippen LogP contribution is -2.24. The monoisotopic (exact) mass is 274 g/mol. The summed E-state index contributed by atoms with van der Waals surface area (Å²) >= 11 is 5.76. The molecule has 1 amide bonds. The molecule has 0 aliphatic carbocycles. The standard InChI is InChI=1S/C15H15ClN2O/c1-2-11-6-3-4-7-12(11)10-17-15(19)13-8-5-9-14(16)18-13/h3-9H,2,10H2,1H3,(H,17,19). The Bertz CT molecular complexity index is 584. The largest absolute Gasteiger partial charge is 0.347 e. The predicted octanol–water partition coefficient (Wildman–Crippen LogP) is 3.23. The van der Waals surface area contributed by atoms with E-state index in [0.29, 0.717) is 17.4 Å². The number of nitrogens with one attached hydrogen (secondary N) is 1. The molecule has 1 N–H and O–H groups in total. The maximum Gasteiger partial charge on any atom is 0.270 e. The molecule has 0 radical (unpaired) electrons. The molecule has 0 unspecified atom stereocenters. The van der Waals surface area contributed by atoms with E-state index in [1.807, 2.05) is 18.2 Å². The molecule has 0 aliphatic rings. The van der Waals surface area contributed by atoms with Crippen molar-refractivity contribution in [1.82, 2.24) is 10.3 Å². The molecule has 2 aromatic rings. The third-order valence-corrected chi connectivity index (χ3v) is 3.10. The van der Waals surface area contributed by atoms with Crippen LogP contribution in [0.4, 0.5) is 0 Å². The van der Waals surface area contributed by atoms with Crippen molar-refractivity contribution in [3.63, 3.8) is 0 Å². The van der Waals surface area contributed by atoms with Gasteiger partial charge in [-0.1, -0.05) is 48.9 Å². The molecule has 1 heterocycles. The summed E-state index contributed by atoms with van der Waals surface area (Å²) in [7, 11) is 0. The Hall–Kier alpha value is -1.87. The second kappa shape index (κ2) is 6.34. The summed E-state index contributed by atoms with van der Waals surface area (Å²) in [5, 5.41) is 3.18. The fourth-order valence-corrected chi connectivity index (χ4v) is 2.04. The molecule has 0 saturated carbocycles. The predicted molar refractivity (Wildman–Crippen MR) is 76.2 cm³/mol. The number of nitrogens with zero attached hydrogens (tertiary/aromatic N) is 1. The van der Waals surface area contributed by atoms with Crippen LogP contribution in [-0.4, -0.2) is 10.9 Å². The van der Waals surface area contributed by atoms with Gasteiger partial charge in [-0.2, -0.15) is 0 Å². The minimum absolute atomic E-state index is 0.214. The number of benzene rings is 1. The van der Waals surface area contributed by atoms with Crippen LogP contribution in [0.25, 0.3) is 0 Å². The number of carbonyl (C=O) groups is 1. The van der Waals surface area contributed by atoms with Gasteiger partial charge < -0.3 is 5.32 Å². The Morgan fingerprint density at radius 3 is 2.58 bits per heavy atom. The number of amides is 1. The zero-order chi connectivity index (χ0) is 13.7. The number of pyridine rings is 1. The number of aryl methyl sites for hydroxylation is 1. The first-order chi connectivity index (χ1) is 9.20. The van der Waals surface area contributed by atoms with Crippen molar-refractivity contribution in [2.75, 3.05) is 0 Å². The number of carbonyl (C=O) groups excluding carboxylic acids is 1. The van der Waals surface area contributed by atoms with Crippen LogP contribution in [0.15, 0.2) is 42.5 Å². The zero-order valence-corrected chi connectivity index (χ0v) is 11.4. The maximum absolute atomic E-state index is 11.9. The van der Waals surface area contributed by atoms with Crippen molar-refractivity contribution in [2.24, 2.45) is 0 Å². The third kappa shape index (κ3) is 3.55. The highest BCUT2D eigenvalue weighted by Crippen LogP contribution is 2.10. The summed E-state index contributed by atoms with van der Waals surface area (Å²) in [5.41, 5.74) is 2.70. The van der Waals surface area contributed by atoms with Gasteiger partial charge in [-0.25, -0.2) is 4.98 Å². The van der Waals surface area contributed by atoms with E-state index >= 15 is 0 Å². The fraction of sp³-hybridized carbons (Fsp3) is 0.200. The Morgan fingerprint density at radius 1 is 1.16 bits per heavy atom. The lowest BCUT2D eigenvalue weighted by Gasteiger charge is -2.09. The molecule has 98 valence electrons. The lowest BCUT2D eigenvalue weighted by molar-refractivity contribution is 0.0946. The number of hydrogen-bond acceptors (Lipinski definition) is 2. The van der Waals surface area contributed by atoms with E-state index in [0.717, 1.165) is 12.0 Å². The van der Waals surface area contributed by atoms with Gasteiger partial charge in [0.1, 0.15) is 10.8 Å². The molecular weight excluding hydrogens is 260 g/mol. The van der Waals surface area contributed by atoms with Crippen LogP contribution in [0.5, 0.6) is 0 Å². The van der Waals surface area contributed by atoms with Gasteiger partial charge in [-0.3, -0.25) is 4.79 Å². The lowest BCUT2D eigenvalue weighted by atomic mass is 10.1. The highest BCUT2D eigenvalue weighted by Gasteiger charge is 2.08. The maximum atomic E-state index is 11.9. The van der Waals surface area contributed by atoms with Gasteiger partial charge >= 0.3 is 0 Å². The summed E-state index contributed by atoms with van der Waals surface area (Å²) in [5.74, 6) is -0.214. The molecule has 0 aliphatic heterocycles. The SMILES string of the molecule is CCc1ccccc1CNC(=O)c1cccc(Cl)n1. The summed E-state index contributed by atoms with van der Waals surface area (Å²) in [6, 6.07) is 13.1. The van der Waals surface area contributed by atoms with Gasteiger partial charge in [-0.05, 0) is 29.7 Å². The minimum atomic E-state index is -0.214. The van der Waals surface area contributed by atoms with Crippen molar-refractivity contribution < 1.29 is 4.79 Å². The van der Waals surface area contributed by atoms with E-state index in [-0.39, 0.29) is 5.91 Å².